The maximum atomic E-state index is 11.6. The fourth-order valence-electron chi connectivity index (χ4n) is 2.20. The molecule has 0 spiro atoms. The highest BCUT2D eigenvalue weighted by molar-refractivity contribution is 5.72. The Kier molecular flexibility index (Phi) is 6.70. The van der Waals surface area contributed by atoms with Crippen molar-refractivity contribution >= 4 is 12.1 Å². The van der Waals surface area contributed by atoms with Gasteiger partial charge in [-0.05, 0) is 31.5 Å². The highest BCUT2D eigenvalue weighted by Crippen LogP contribution is 2.08. The van der Waals surface area contributed by atoms with Crippen LogP contribution in [0.3, 0.4) is 0 Å². The summed E-state index contributed by atoms with van der Waals surface area (Å²) in [6.45, 7) is 2.19. The first-order chi connectivity index (χ1) is 10.7. The Morgan fingerprint density at radius 1 is 1.18 bits per heavy atom. The van der Waals surface area contributed by atoms with E-state index in [1.165, 1.54) is 0 Å². The molecule has 1 fully saturated rings. The molecule has 0 radical (unpaired) electrons. The fraction of sp³-hybridized carbons (Fsp3) is 0.500. The number of piperidine rings is 1. The quantitative estimate of drug-likeness (QED) is 0.781. The molecule has 1 aliphatic heterocycles. The van der Waals surface area contributed by atoms with Crippen LogP contribution in [0.1, 0.15) is 24.8 Å². The lowest BCUT2D eigenvalue weighted by Gasteiger charge is -2.22. The molecule has 2 N–H and O–H groups in total. The first-order valence-electron chi connectivity index (χ1n) is 7.59. The number of carbonyl (C=O) groups is 2. The van der Waals surface area contributed by atoms with E-state index in [1.54, 1.807) is 0 Å². The van der Waals surface area contributed by atoms with Crippen LogP contribution >= 0.6 is 0 Å². The summed E-state index contributed by atoms with van der Waals surface area (Å²) in [6.07, 6.45) is 1.32. The van der Waals surface area contributed by atoms with Gasteiger partial charge in [-0.25, -0.2) is 4.79 Å². The lowest BCUT2D eigenvalue weighted by Crippen LogP contribution is -2.34. The molecule has 0 aliphatic carbocycles. The van der Waals surface area contributed by atoms with Crippen molar-refractivity contribution < 1.29 is 19.1 Å². The molecular formula is C16H22N2O4. The van der Waals surface area contributed by atoms with Crippen molar-refractivity contribution in [1.82, 2.24) is 10.6 Å². The van der Waals surface area contributed by atoms with Crippen molar-refractivity contribution in [2.24, 2.45) is 0 Å². The zero-order valence-electron chi connectivity index (χ0n) is 12.5. The van der Waals surface area contributed by atoms with E-state index in [4.69, 9.17) is 9.47 Å². The summed E-state index contributed by atoms with van der Waals surface area (Å²) < 4.78 is 10.4. The molecule has 1 aromatic carbocycles. The predicted molar refractivity (Wildman–Crippen MR) is 81.2 cm³/mol. The van der Waals surface area contributed by atoms with Crippen molar-refractivity contribution in [1.29, 1.82) is 0 Å². The van der Waals surface area contributed by atoms with Gasteiger partial charge < -0.3 is 20.1 Å². The van der Waals surface area contributed by atoms with Crippen molar-refractivity contribution in [2.45, 2.75) is 32.0 Å². The van der Waals surface area contributed by atoms with Crippen molar-refractivity contribution in [2.75, 3.05) is 19.6 Å². The summed E-state index contributed by atoms with van der Waals surface area (Å²) in [5, 5.41) is 5.76. The number of hydrogen-bond acceptors (Lipinski definition) is 5. The van der Waals surface area contributed by atoms with Gasteiger partial charge in [0.15, 0.2) is 0 Å². The Morgan fingerprint density at radius 3 is 2.64 bits per heavy atom. The van der Waals surface area contributed by atoms with Crippen molar-refractivity contribution in [3.8, 4) is 0 Å². The minimum absolute atomic E-state index is 0.00113. The highest BCUT2D eigenvalue weighted by atomic mass is 16.6. The molecule has 1 aliphatic rings. The van der Waals surface area contributed by atoms with Crippen LogP contribution < -0.4 is 10.6 Å². The van der Waals surface area contributed by atoms with Gasteiger partial charge in [-0.1, -0.05) is 30.3 Å². The van der Waals surface area contributed by atoms with E-state index < -0.39 is 6.09 Å². The predicted octanol–water partition coefficient (Wildman–Crippen LogP) is 1.60. The molecule has 6 nitrogen and oxygen atoms in total. The minimum Gasteiger partial charge on any atom is -0.462 e. The van der Waals surface area contributed by atoms with Gasteiger partial charge in [0.05, 0.1) is 6.42 Å². The number of amides is 1. The molecule has 1 saturated heterocycles. The molecule has 0 saturated carbocycles. The highest BCUT2D eigenvalue weighted by Gasteiger charge is 2.17. The maximum Gasteiger partial charge on any atom is 0.407 e. The van der Waals surface area contributed by atoms with Gasteiger partial charge in [0.25, 0.3) is 0 Å². The second kappa shape index (κ2) is 9.04. The van der Waals surface area contributed by atoms with Gasteiger partial charge in [-0.3, -0.25) is 4.79 Å². The topological polar surface area (TPSA) is 76.7 Å². The minimum atomic E-state index is -0.529. The van der Waals surface area contributed by atoms with Crippen LogP contribution in [0.15, 0.2) is 30.3 Å². The Morgan fingerprint density at radius 2 is 1.91 bits per heavy atom. The van der Waals surface area contributed by atoms with E-state index in [2.05, 4.69) is 10.6 Å². The maximum absolute atomic E-state index is 11.6. The number of hydrogen-bond donors (Lipinski definition) is 2. The second-order valence-electron chi connectivity index (χ2n) is 5.18. The third-order valence-corrected chi connectivity index (χ3v) is 3.40. The molecule has 2 rings (SSSR count). The molecule has 6 heteroatoms. The molecule has 0 aromatic heterocycles. The molecular weight excluding hydrogens is 284 g/mol. The Balaban J connectivity index is 1.55. The van der Waals surface area contributed by atoms with Gasteiger partial charge in [0.1, 0.15) is 12.7 Å². The number of nitrogens with one attached hydrogen (secondary N) is 2. The number of carbonyl (C=O) groups excluding carboxylic acids is 2. The van der Waals surface area contributed by atoms with Crippen molar-refractivity contribution in [3.05, 3.63) is 35.9 Å². The van der Waals surface area contributed by atoms with Crippen LogP contribution in [-0.4, -0.2) is 37.8 Å². The molecule has 0 unspecified atom stereocenters. The van der Waals surface area contributed by atoms with Gasteiger partial charge in [-0.15, -0.1) is 0 Å². The average Bonchev–Trinajstić information content (AvgIpc) is 2.55. The largest absolute Gasteiger partial charge is 0.462 e. The molecule has 1 aromatic rings. The van der Waals surface area contributed by atoms with Gasteiger partial charge in [0.2, 0.25) is 0 Å². The first kappa shape index (κ1) is 16.3. The number of ether oxygens (including phenoxy) is 2. The van der Waals surface area contributed by atoms with Crippen LogP contribution in [0.5, 0.6) is 0 Å². The SMILES string of the molecule is O=C(CCNC(=O)OCc1ccccc1)OC1CCNCC1. The van der Waals surface area contributed by atoms with Crippen LogP contribution in [0.25, 0.3) is 0 Å². The number of alkyl carbamates (subject to hydrolysis) is 1. The molecule has 120 valence electrons. The van der Waals surface area contributed by atoms with Crippen LogP contribution in [0.2, 0.25) is 0 Å². The number of rotatable bonds is 6. The molecule has 1 amide bonds. The van der Waals surface area contributed by atoms with Crippen LogP contribution in [0.4, 0.5) is 4.79 Å². The monoisotopic (exact) mass is 306 g/mol. The number of esters is 1. The summed E-state index contributed by atoms with van der Waals surface area (Å²) in [4.78, 5) is 23.1. The molecule has 1 heterocycles. The Labute approximate surface area is 130 Å². The Bertz CT molecular complexity index is 472. The van der Waals surface area contributed by atoms with Crippen molar-refractivity contribution in [3.63, 3.8) is 0 Å². The standard InChI is InChI=1S/C16H22N2O4/c19-15(22-14-6-9-17-10-7-14)8-11-18-16(20)21-12-13-4-2-1-3-5-13/h1-5,14,17H,6-12H2,(H,18,20). The van der Waals surface area contributed by atoms with E-state index in [1.807, 2.05) is 30.3 Å². The van der Waals surface area contributed by atoms with E-state index >= 15 is 0 Å². The Hall–Kier alpha value is -2.08. The van der Waals surface area contributed by atoms with E-state index in [0.29, 0.717) is 0 Å². The fourth-order valence-corrected chi connectivity index (χ4v) is 2.20. The summed E-state index contributed by atoms with van der Waals surface area (Å²) in [6, 6.07) is 9.42. The zero-order valence-corrected chi connectivity index (χ0v) is 12.5. The summed E-state index contributed by atoms with van der Waals surface area (Å²) >= 11 is 0. The summed E-state index contributed by atoms with van der Waals surface area (Å²) in [7, 11) is 0. The smallest absolute Gasteiger partial charge is 0.407 e. The molecule has 0 atom stereocenters. The molecule has 0 bridgehead atoms. The van der Waals surface area contributed by atoms with Gasteiger partial charge in [-0.2, -0.15) is 0 Å². The van der Waals surface area contributed by atoms with Crippen LogP contribution in [-0.2, 0) is 20.9 Å². The summed E-state index contributed by atoms with van der Waals surface area (Å²) in [5.41, 5.74) is 0.919. The van der Waals surface area contributed by atoms with E-state index in [0.717, 1.165) is 31.5 Å². The third-order valence-electron chi connectivity index (χ3n) is 3.40. The normalized spacial score (nSPS) is 15.1. The third kappa shape index (κ3) is 6.13. The lowest BCUT2D eigenvalue weighted by atomic mass is 10.1. The van der Waals surface area contributed by atoms with Gasteiger partial charge >= 0.3 is 12.1 Å². The van der Waals surface area contributed by atoms with E-state index in [-0.39, 0.29) is 31.6 Å². The second-order valence-corrected chi connectivity index (χ2v) is 5.18. The van der Waals surface area contributed by atoms with Gasteiger partial charge in [0, 0.05) is 6.54 Å². The lowest BCUT2D eigenvalue weighted by molar-refractivity contribution is -0.150. The molecule has 22 heavy (non-hydrogen) atoms. The van der Waals surface area contributed by atoms with E-state index in [9.17, 15) is 9.59 Å². The number of benzene rings is 1. The average molecular weight is 306 g/mol. The first-order valence-corrected chi connectivity index (χ1v) is 7.59. The zero-order chi connectivity index (χ0) is 15.6. The van der Waals surface area contributed by atoms with Crippen LogP contribution in [0, 0.1) is 0 Å². The summed E-state index contributed by atoms with van der Waals surface area (Å²) in [5.74, 6) is -0.282.